The van der Waals surface area contributed by atoms with Crippen LogP contribution >= 0.6 is 0 Å². The summed E-state index contributed by atoms with van der Waals surface area (Å²) in [6, 6.07) is 9.85. The van der Waals surface area contributed by atoms with E-state index in [9.17, 15) is 15.4 Å². The molecule has 0 N–H and O–H groups in total. The second-order valence-electron chi connectivity index (χ2n) is 4.74. The first kappa shape index (κ1) is 13.1. The van der Waals surface area contributed by atoms with Crippen molar-refractivity contribution in [1.82, 2.24) is 4.98 Å². The molecule has 3 rings (SSSR count). The quantitative estimate of drug-likeness (QED) is 0.636. The Bertz CT molecular complexity index is 765. The lowest BCUT2D eigenvalue weighted by atomic mass is 10.1. The van der Waals surface area contributed by atoms with Gasteiger partial charge in [-0.2, -0.15) is 5.26 Å². The van der Waals surface area contributed by atoms with Gasteiger partial charge in [0.2, 0.25) is 11.6 Å². The Kier molecular flexibility index (Phi) is 3.24. The zero-order chi connectivity index (χ0) is 14.8. The first-order chi connectivity index (χ1) is 10.2. The maximum Gasteiger partial charge on any atom is 0.311 e. The second-order valence-corrected chi connectivity index (χ2v) is 4.74. The van der Waals surface area contributed by atoms with Crippen LogP contribution in [0.2, 0.25) is 0 Å². The summed E-state index contributed by atoms with van der Waals surface area (Å²) in [4.78, 5) is 14.8. The number of fused-ring (bicyclic) bond motifs is 1. The molecule has 0 saturated heterocycles. The molecule has 6 heteroatoms. The molecule has 21 heavy (non-hydrogen) atoms. The van der Waals surface area contributed by atoms with Crippen molar-refractivity contribution >= 4 is 5.69 Å². The first-order valence-corrected chi connectivity index (χ1v) is 6.53. The summed E-state index contributed by atoms with van der Waals surface area (Å²) in [6.07, 6.45) is 2.75. The zero-order valence-corrected chi connectivity index (χ0v) is 11.1. The van der Waals surface area contributed by atoms with E-state index in [4.69, 9.17) is 4.74 Å². The van der Waals surface area contributed by atoms with Crippen LogP contribution in [0.25, 0.3) is 0 Å². The van der Waals surface area contributed by atoms with Gasteiger partial charge in [-0.05, 0) is 37.0 Å². The third-order valence-corrected chi connectivity index (χ3v) is 3.40. The van der Waals surface area contributed by atoms with E-state index in [2.05, 4.69) is 4.98 Å². The monoisotopic (exact) mass is 281 g/mol. The topological polar surface area (TPSA) is 89.0 Å². The van der Waals surface area contributed by atoms with E-state index >= 15 is 0 Å². The Morgan fingerprint density at radius 3 is 2.90 bits per heavy atom. The fourth-order valence-corrected chi connectivity index (χ4v) is 2.41. The maximum atomic E-state index is 11.0. The number of benzene rings is 1. The number of aromatic nitrogens is 1. The first-order valence-electron chi connectivity index (χ1n) is 6.53. The highest BCUT2D eigenvalue weighted by molar-refractivity contribution is 5.51. The molecule has 0 bridgehead atoms. The lowest BCUT2D eigenvalue weighted by Crippen LogP contribution is -1.99. The number of nitrogens with zero attached hydrogens (tertiary/aromatic N) is 3. The highest BCUT2D eigenvalue weighted by Gasteiger charge is 2.20. The van der Waals surface area contributed by atoms with Gasteiger partial charge >= 0.3 is 5.69 Å². The van der Waals surface area contributed by atoms with E-state index in [1.165, 1.54) is 12.1 Å². The smallest absolute Gasteiger partial charge is 0.311 e. The van der Waals surface area contributed by atoms with E-state index in [0.717, 1.165) is 30.5 Å². The molecule has 0 amide bonds. The van der Waals surface area contributed by atoms with E-state index in [1.807, 2.05) is 6.07 Å². The largest absolute Gasteiger partial charge is 0.430 e. The van der Waals surface area contributed by atoms with Crippen LogP contribution in [0, 0.1) is 21.4 Å². The van der Waals surface area contributed by atoms with Crippen molar-refractivity contribution in [2.24, 2.45) is 0 Å². The normalized spacial score (nSPS) is 12.5. The van der Waals surface area contributed by atoms with Gasteiger partial charge in [-0.3, -0.25) is 10.1 Å². The van der Waals surface area contributed by atoms with Gasteiger partial charge in [0.15, 0.2) is 0 Å². The minimum absolute atomic E-state index is 0.0875. The Hall–Kier alpha value is -2.94. The Morgan fingerprint density at radius 2 is 2.14 bits per heavy atom. The highest BCUT2D eigenvalue weighted by Crippen LogP contribution is 2.33. The number of hydrogen-bond donors (Lipinski definition) is 0. The molecule has 2 aromatic rings. The Morgan fingerprint density at radius 1 is 1.33 bits per heavy atom. The van der Waals surface area contributed by atoms with Crippen LogP contribution in [-0.2, 0) is 12.8 Å². The van der Waals surface area contributed by atoms with Gasteiger partial charge in [-0.25, -0.2) is 4.98 Å². The van der Waals surface area contributed by atoms with E-state index in [0.29, 0.717) is 5.56 Å². The molecular weight excluding hydrogens is 270 g/mol. The lowest BCUT2D eigenvalue weighted by molar-refractivity contribution is -0.385. The number of pyridine rings is 1. The molecule has 0 spiro atoms. The third kappa shape index (κ3) is 2.41. The fraction of sp³-hybridized carbons (Fsp3) is 0.200. The van der Waals surface area contributed by atoms with Crippen LogP contribution in [-0.4, -0.2) is 9.91 Å². The van der Waals surface area contributed by atoms with Crippen LogP contribution in [0.3, 0.4) is 0 Å². The summed E-state index contributed by atoms with van der Waals surface area (Å²) in [5.41, 5.74) is 2.11. The number of rotatable bonds is 3. The molecule has 1 aromatic carbocycles. The summed E-state index contributed by atoms with van der Waals surface area (Å²) in [7, 11) is 0. The minimum Gasteiger partial charge on any atom is -0.430 e. The van der Waals surface area contributed by atoms with Crippen molar-refractivity contribution in [2.75, 3.05) is 0 Å². The highest BCUT2D eigenvalue weighted by atomic mass is 16.6. The standard InChI is InChI=1S/C15H11N3O3/c16-9-11-8-10-4-3-5-12(10)17-15(11)21-14-7-2-1-6-13(14)18(19)20/h1-2,6-8H,3-5H2. The number of nitriles is 1. The molecule has 0 unspecified atom stereocenters. The summed E-state index contributed by atoms with van der Waals surface area (Å²) in [6.45, 7) is 0. The Balaban J connectivity index is 2.03. The maximum absolute atomic E-state index is 11.0. The predicted molar refractivity (Wildman–Crippen MR) is 74.1 cm³/mol. The van der Waals surface area contributed by atoms with Gasteiger partial charge < -0.3 is 4.74 Å². The van der Waals surface area contributed by atoms with Crippen LogP contribution in [0.4, 0.5) is 5.69 Å². The molecule has 0 atom stereocenters. The van der Waals surface area contributed by atoms with Crippen LogP contribution < -0.4 is 4.74 Å². The number of ether oxygens (including phenoxy) is 1. The minimum atomic E-state index is -0.519. The number of nitro groups is 1. The van der Waals surface area contributed by atoms with E-state index < -0.39 is 4.92 Å². The molecule has 1 aliphatic rings. The SMILES string of the molecule is N#Cc1cc2c(nc1Oc1ccccc1[N+](=O)[O-])CCC2. The zero-order valence-electron chi connectivity index (χ0n) is 11.1. The fourth-order valence-electron chi connectivity index (χ4n) is 2.41. The number of nitro benzene ring substituents is 1. The van der Waals surface area contributed by atoms with Crippen molar-refractivity contribution < 1.29 is 9.66 Å². The average Bonchev–Trinajstić information content (AvgIpc) is 2.94. The molecule has 6 nitrogen and oxygen atoms in total. The molecule has 0 aliphatic heterocycles. The number of para-hydroxylation sites is 2. The van der Waals surface area contributed by atoms with Gasteiger partial charge in [-0.1, -0.05) is 12.1 Å². The van der Waals surface area contributed by atoms with Crippen molar-refractivity contribution in [3.8, 4) is 17.7 Å². The van der Waals surface area contributed by atoms with Gasteiger partial charge in [0.25, 0.3) is 0 Å². The molecular formula is C15H11N3O3. The van der Waals surface area contributed by atoms with E-state index in [1.54, 1.807) is 18.2 Å². The lowest BCUT2D eigenvalue weighted by Gasteiger charge is -2.08. The predicted octanol–water partition coefficient (Wildman–Crippen LogP) is 3.14. The van der Waals surface area contributed by atoms with Crippen molar-refractivity contribution in [2.45, 2.75) is 19.3 Å². The van der Waals surface area contributed by atoms with E-state index in [-0.39, 0.29) is 17.3 Å². The number of aryl methyl sites for hydroxylation is 2. The number of hydrogen-bond acceptors (Lipinski definition) is 5. The molecule has 1 aromatic heterocycles. The molecule has 0 radical (unpaired) electrons. The Labute approximate surface area is 120 Å². The summed E-state index contributed by atoms with van der Waals surface area (Å²) >= 11 is 0. The van der Waals surface area contributed by atoms with Gasteiger partial charge in [0, 0.05) is 11.8 Å². The molecule has 0 fully saturated rings. The summed E-state index contributed by atoms with van der Waals surface area (Å²) in [5, 5.41) is 20.2. The molecule has 1 aliphatic carbocycles. The van der Waals surface area contributed by atoms with Gasteiger partial charge in [0.1, 0.15) is 11.6 Å². The van der Waals surface area contributed by atoms with Crippen LogP contribution in [0.5, 0.6) is 11.6 Å². The summed E-state index contributed by atoms with van der Waals surface area (Å²) in [5.74, 6) is 0.219. The van der Waals surface area contributed by atoms with Gasteiger partial charge in [0.05, 0.1) is 4.92 Å². The van der Waals surface area contributed by atoms with Crippen molar-refractivity contribution in [3.05, 3.63) is 57.3 Å². The van der Waals surface area contributed by atoms with Crippen molar-refractivity contribution in [1.29, 1.82) is 5.26 Å². The molecule has 104 valence electrons. The molecule has 1 heterocycles. The van der Waals surface area contributed by atoms with Gasteiger partial charge in [-0.15, -0.1) is 0 Å². The van der Waals surface area contributed by atoms with Crippen LogP contribution in [0.15, 0.2) is 30.3 Å². The van der Waals surface area contributed by atoms with Crippen LogP contribution in [0.1, 0.15) is 23.2 Å². The third-order valence-electron chi connectivity index (χ3n) is 3.40. The summed E-state index contributed by atoms with van der Waals surface area (Å²) < 4.78 is 5.54. The second kappa shape index (κ2) is 5.21. The van der Waals surface area contributed by atoms with Crippen molar-refractivity contribution in [3.63, 3.8) is 0 Å². The average molecular weight is 281 g/mol. The molecule has 0 saturated carbocycles.